The van der Waals surface area contributed by atoms with E-state index in [1.165, 1.54) is 23.1 Å². The van der Waals surface area contributed by atoms with E-state index in [1.54, 1.807) is 18.2 Å². The number of hydrogen-bond donors (Lipinski definition) is 1. The predicted octanol–water partition coefficient (Wildman–Crippen LogP) is 3.92. The molecule has 0 spiro atoms. The van der Waals surface area contributed by atoms with Crippen molar-refractivity contribution in [1.82, 2.24) is 9.88 Å². The summed E-state index contributed by atoms with van der Waals surface area (Å²) >= 11 is 2.84. The molecular formula is C14H16N6O2S2. The third-order valence-corrected chi connectivity index (χ3v) is 5.69. The van der Waals surface area contributed by atoms with Crippen LogP contribution in [0.3, 0.4) is 0 Å². The van der Waals surface area contributed by atoms with Crippen molar-refractivity contribution in [1.29, 1.82) is 0 Å². The molecule has 1 aromatic heterocycles. The molecule has 0 atom stereocenters. The Hall–Kier alpha value is -1.91. The molecule has 0 amide bonds. The Morgan fingerprint density at radius 2 is 2.08 bits per heavy atom. The number of rotatable bonds is 7. The summed E-state index contributed by atoms with van der Waals surface area (Å²) in [4.78, 5) is 17.0. The monoisotopic (exact) mass is 364 g/mol. The molecule has 0 fully saturated rings. The quantitative estimate of drug-likeness (QED) is 0.802. The van der Waals surface area contributed by atoms with Crippen LogP contribution in [0.2, 0.25) is 0 Å². The summed E-state index contributed by atoms with van der Waals surface area (Å²) in [6.07, 6.45) is 1.62. The molecule has 8 nitrogen and oxygen atoms in total. The van der Waals surface area contributed by atoms with Crippen molar-refractivity contribution >= 4 is 39.3 Å². The highest BCUT2D eigenvalue weighted by atomic mass is 32.2. The standard InChI is InChI=1S/C14H16N6O2S2/c1-20(2)7-3-6-14(16-18-19-17-14)24-13-15-10-5-4-9(12(21)22)8-11(10)23-13/h4-5,8H,3,6-7H2,1-2H3,(H,21,22). The molecule has 0 radical (unpaired) electrons. The zero-order valence-electron chi connectivity index (χ0n) is 13.2. The zero-order chi connectivity index (χ0) is 17.2. The fourth-order valence-electron chi connectivity index (χ4n) is 2.24. The second-order valence-electron chi connectivity index (χ2n) is 5.60. The van der Waals surface area contributed by atoms with E-state index in [4.69, 9.17) is 5.11 Å². The van der Waals surface area contributed by atoms with Gasteiger partial charge in [0.05, 0.1) is 15.8 Å². The smallest absolute Gasteiger partial charge is 0.335 e. The first-order valence-electron chi connectivity index (χ1n) is 7.29. The fraction of sp³-hybridized carbons (Fsp3) is 0.429. The van der Waals surface area contributed by atoms with E-state index >= 15 is 0 Å². The largest absolute Gasteiger partial charge is 0.478 e. The topological polar surface area (TPSA) is 103 Å². The maximum atomic E-state index is 11.1. The molecule has 24 heavy (non-hydrogen) atoms. The molecule has 126 valence electrons. The van der Waals surface area contributed by atoms with Crippen LogP contribution in [-0.2, 0) is 0 Å². The lowest BCUT2D eigenvalue weighted by Crippen LogP contribution is -2.20. The van der Waals surface area contributed by atoms with Gasteiger partial charge < -0.3 is 10.0 Å². The minimum atomic E-state index is -0.946. The van der Waals surface area contributed by atoms with Gasteiger partial charge in [0.1, 0.15) is 0 Å². The predicted molar refractivity (Wildman–Crippen MR) is 92.7 cm³/mol. The average molecular weight is 364 g/mol. The number of aromatic carboxylic acids is 1. The lowest BCUT2D eigenvalue weighted by atomic mass is 10.2. The van der Waals surface area contributed by atoms with Gasteiger partial charge in [0.2, 0.25) is 4.99 Å². The number of nitrogens with zero attached hydrogens (tertiary/aromatic N) is 6. The molecule has 0 unspecified atom stereocenters. The number of thiazole rings is 1. The maximum Gasteiger partial charge on any atom is 0.335 e. The van der Waals surface area contributed by atoms with Gasteiger partial charge in [-0.05, 0) is 67.5 Å². The number of thioether (sulfide) groups is 1. The number of carboxylic acid groups (broad SMARTS) is 1. The molecule has 0 saturated carbocycles. The number of aromatic nitrogens is 1. The van der Waals surface area contributed by atoms with Crippen LogP contribution >= 0.6 is 23.1 Å². The molecule has 10 heteroatoms. The minimum Gasteiger partial charge on any atom is -0.478 e. The first kappa shape index (κ1) is 16.9. The summed E-state index contributed by atoms with van der Waals surface area (Å²) < 4.78 is 1.60. The summed E-state index contributed by atoms with van der Waals surface area (Å²) in [5, 5.41) is 24.8. The number of carbonyl (C=O) groups is 1. The summed E-state index contributed by atoms with van der Waals surface area (Å²) in [7, 11) is 4.04. The SMILES string of the molecule is CN(C)CCCC1(Sc2nc3ccc(C(=O)O)cc3s2)N=NN=N1. The molecule has 1 aliphatic heterocycles. The normalized spacial score (nSPS) is 15.6. The van der Waals surface area contributed by atoms with Gasteiger partial charge in [0.15, 0.2) is 4.34 Å². The zero-order valence-corrected chi connectivity index (χ0v) is 14.8. The van der Waals surface area contributed by atoms with Crippen LogP contribution in [0.25, 0.3) is 10.2 Å². The number of hydrogen-bond acceptors (Lipinski definition) is 9. The maximum absolute atomic E-state index is 11.1. The van der Waals surface area contributed by atoms with Gasteiger partial charge in [-0.25, -0.2) is 9.78 Å². The first-order chi connectivity index (χ1) is 11.5. The Labute approximate surface area is 146 Å². The van der Waals surface area contributed by atoms with Gasteiger partial charge in [-0.1, -0.05) is 0 Å². The lowest BCUT2D eigenvalue weighted by molar-refractivity contribution is 0.0697. The van der Waals surface area contributed by atoms with E-state index in [1.807, 2.05) is 14.1 Å². The van der Waals surface area contributed by atoms with Gasteiger partial charge in [0.25, 0.3) is 0 Å². The average Bonchev–Trinajstić information content (AvgIpc) is 3.12. The molecule has 3 rings (SSSR count). The lowest BCUT2D eigenvalue weighted by Gasteiger charge is -2.18. The fourth-order valence-corrected chi connectivity index (χ4v) is 4.63. The Balaban J connectivity index is 1.80. The van der Waals surface area contributed by atoms with Crippen LogP contribution in [0.4, 0.5) is 0 Å². The van der Waals surface area contributed by atoms with Crippen molar-refractivity contribution in [3.8, 4) is 0 Å². The molecule has 1 aliphatic rings. The second-order valence-corrected chi connectivity index (χ2v) is 8.13. The van der Waals surface area contributed by atoms with Crippen LogP contribution < -0.4 is 0 Å². The Morgan fingerprint density at radius 1 is 1.33 bits per heavy atom. The minimum absolute atomic E-state index is 0.253. The van der Waals surface area contributed by atoms with E-state index in [2.05, 4.69) is 30.6 Å². The third kappa shape index (κ3) is 3.77. The van der Waals surface area contributed by atoms with Crippen LogP contribution in [0.5, 0.6) is 0 Å². The van der Waals surface area contributed by atoms with Crippen LogP contribution in [0, 0.1) is 0 Å². The highest BCUT2D eigenvalue weighted by Crippen LogP contribution is 2.44. The van der Waals surface area contributed by atoms with E-state index in [0.29, 0.717) is 6.42 Å². The Morgan fingerprint density at radius 3 is 2.75 bits per heavy atom. The van der Waals surface area contributed by atoms with E-state index in [-0.39, 0.29) is 5.56 Å². The van der Waals surface area contributed by atoms with E-state index in [0.717, 1.165) is 27.5 Å². The highest BCUT2D eigenvalue weighted by Gasteiger charge is 2.35. The summed E-state index contributed by atoms with van der Waals surface area (Å²) in [6, 6.07) is 4.91. The number of fused-ring (bicyclic) bond motifs is 1. The Bertz CT molecular complexity index is 805. The molecule has 0 saturated heterocycles. The molecule has 0 aliphatic carbocycles. The Kier molecular flexibility index (Phi) is 4.88. The van der Waals surface area contributed by atoms with Gasteiger partial charge in [0, 0.05) is 6.42 Å². The van der Waals surface area contributed by atoms with Crippen molar-refractivity contribution in [2.75, 3.05) is 20.6 Å². The first-order valence-corrected chi connectivity index (χ1v) is 8.92. The molecular weight excluding hydrogens is 348 g/mol. The molecule has 0 bridgehead atoms. The van der Waals surface area contributed by atoms with Gasteiger partial charge in [-0.15, -0.1) is 21.6 Å². The van der Waals surface area contributed by atoms with E-state index in [9.17, 15) is 4.79 Å². The van der Waals surface area contributed by atoms with Gasteiger partial charge >= 0.3 is 5.97 Å². The second kappa shape index (κ2) is 6.91. The van der Waals surface area contributed by atoms with Crippen LogP contribution in [0.15, 0.2) is 43.2 Å². The number of benzene rings is 1. The molecule has 1 N–H and O–H groups in total. The number of carboxylic acids is 1. The van der Waals surface area contributed by atoms with E-state index < -0.39 is 11.0 Å². The van der Waals surface area contributed by atoms with Crippen molar-refractivity contribution in [2.45, 2.75) is 22.2 Å². The highest BCUT2D eigenvalue weighted by molar-refractivity contribution is 8.02. The van der Waals surface area contributed by atoms with Crippen molar-refractivity contribution in [3.05, 3.63) is 23.8 Å². The van der Waals surface area contributed by atoms with Crippen molar-refractivity contribution in [2.24, 2.45) is 20.7 Å². The van der Waals surface area contributed by atoms with Crippen LogP contribution in [0.1, 0.15) is 23.2 Å². The van der Waals surface area contributed by atoms with Gasteiger partial charge in [-0.3, -0.25) is 0 Å². The summed E-state index contributed by atoms with van der Waals surface area (Å²) in [6.45, 7) is 0.926. The van der Waals surface area contributed by atoms with Gasteiger partial charge in [-0.2, -0.15) is 0 Å². The summed E-state index contributed by atoms with van der Waals surface area (Å²) in [5.41, 5.74) is 1.02. The van der Waals surface area contributed by atoms with Crippen molar-refractivity contribution < 1.29 is 9.90 Å². The third-order valence-electron chi connectivity index (χ3n) is 3.42. The van der Waals surface area contributed by atoms with Crippen LogP contribution in [-0.4, -0.2) is 46.6 Å². The molecule has 1 aromatic carbocycles. The molecule has 2 aromatic rings. The van der Waals surface area contributed by atoms with Crippen molar-refractivity contribution in [3.63, 3.8) is 0 Å². The molecule has 2 heterocycles. The summed E-state index contributed by atoms with van der Waals surface area (Å²) in [5.74, 6) is -0.946.